The SMILES string of the molecule is COC(=O)c1cc(N2CCCCS2(O)O)c2ccn(C(=O)O)c2c1. The maximum atomic E-state index is 11.9. The Balaban J connectivity index is 2.25. The molecule has 1 fully saturated rings. The molecule has 0 atom stereocenters. The first-order valence-corrected chi connectivity index (χ1v) is 9.03. The lowest BCUT2D eigenvalue weighted by atomic mass is 10.1. The van der Waals surface area contributed by atoms with E-state index < -0.39 is 22.8 Å². The van der Waals surface area contributed by atoms with Crippen LogP contribution in [0.2, 0.25) is 0 Å². The summed E-state index contributed by atoms with van der Waals surface area (Å²) in [6, 6.07) is 4.53. The quantitative estimate of drug-likeness (QED) is 0.710. The Labute approximate surface area is 139 Å². The number of carbonyl (C=O) groups excluding carboxylic acids is 1. The van der Waals surface area contributed by atoms with E-state index in [9.17, 15) is 23.8 Å². The van der Waals surface area contributed by atoms with Crippen LogP contribution in [-0.2, 0) is 4.74 Å². The van der Waals surface area contributed by atoms with Crippen LogP contribution < -0.4 is 4.31 Å². The summed E-state index contributed by atoms with van der Waals surface area (Å²) < 4.78 is 27.9. The molecule has 24 heavy (non-hydrogen) atoms. The number of nitrogens with zero attached hydrogens (tertiary/aromatic N) is 2. The van der Waals surface area contributed by atoms with E-state index in [0.29, 0.717) is 29.6 Å². The summed E-state index contributed by atoms with van der Waals surface area (Å²) in [4.78, 5) is 23.3. The first kappa shape index (κ1) is 16.6. The fraction of sp³-hybridized carbons (Fsp3) is 0.333. The molecule has 8 nitrogen and oxygen atoms in total. The molecule has 0 amide bonds. The minimum absolute atomic E-state index is 0.155. The minimum atomic E-state index is -3.00. The highest BCUT2D eigenvalue weighted by molar-refractivity contribution is 8.25. The van der Waals surface area contributed by atoms with Gasteiger partial charge < -0.3 is 9.84 Å². The smallest absolute Gasteiger partial charge is 0.416 e. The molecule has 2 heterocycles. The van der Waals surface area contributed by atoms with E-state index in [-0.39, 0.29) is 11.3 Å². The Bertz CT molecular complexity index is 816. The Kier molecular flexibility index (Phi) is 4.16. The number of carboxylic acid groups (broad SMARTS) is 1. The third kappa shape index (κ3) is 2.70. The van der Waals surface area contributed by atoms with E-state index in [1.807, 2.05) is 0 Å². The van der Waals surface area contributed by atoms with Gasteiger partial charge in [-0.1, -0.05) is 0 Å². The molecular weight excluding hydrogens is 336 g/mol. The molecular formula is C15H18N2O6S. The van der Waals surface area contributed by atoms with Crippen molar-refractivity contribution in [3.05, 3.63) is 30.0 Å². The van der Waals surface area contributed by atoms with E-state index in [4.69, 9.17) is 4.74 Å². The number of anilines is 1. The molecule has 0 saturated carbocycles. The van der Waals surface area contributed by atoms with Crippen LogP contribution in [0.4, 0.5) is 10.5 Å². The van der Waals surface area contributed by atoms with Crippen LogP contribution >= 0.6 is 10.8 Å². The Hall–Kier alpha value is -2.23. The number of carbonyl (C=O) groups is 2. The van der Waals surface area contributed by atoms with Gasteiger partial charge in [-0.05, 0) is 31.0 Å². The number of aromatic nitrogens is 1. The standard InChI is InChI=1S/C15H18N2O6S/c1-23-14(18)10-8-12-11(4-6-16(12)15(19)20)13(9-10)17-5-2-3-7-24(17,21)22/h4,6,8-9,21-22H,2-3,5,7H2,1H3,(H,19,20). The normalized spacial score (nSPS) is 18.4. The summed E-state index contributed by atoms with van der Waals surface area (Å²) in [5.74, 6) is -0.374. The van der Waals surface area contributed by atoms with Crippen molar-refractivity contribution in [3.8, 4) is 0 Å². The first-order valence-electron chi connectivity index (χ1n) is 7.35. The van der Waals surface area contributed by atoms with Crippen molar-refractivity contribution in [2.75, 3.05) is 23.7 Å². The maximum Gasteiger partial charge on any atom is 0.416 e. The van der Waals surface area contributed by atoms with Gasteiger partial charge in [-0.2, -0.15) is 0 Å². The van der Waals surface area contributed by atoms with Crippen LogP contribution in [0.15, 0.2) is 24.4 Å². The van der Waals surface area contributed by atoms with Crippen LogP contribution in [0.5, 0.6) is 0 Å². The molecule has 0 spiro atoms. The van der Waals surface area contributed by atoms with Gasteiger partial charge in [0.05, 0.1) is 29.6 Å². The average Bonchev–Trinajstić information content (AvgIpc) is 2.97. The van der Waals surface area contributed by atoms with Gasteiger partial charge in [-0.25, -0.2) is 9.59 Å². The summed E-state index contributed by atoms with van der Waals surface area (Å²) in [6.45, 7) is 0.417. The van der Waals surface area contributed by atoms with E-state index in [0.717, 1.165) is 11.0 Å². The molecule has 0 aliphatic carbocycles. The minimum Gasteiger partial charge on any atom is -0.465 e. The predicted molar refractivity (Wildman–Crippen MR) is 91.0 cm³/mol. The predicted octanol–water partition coefficient (Wildman–Crippen LogP) is 3.22. The maximum absolute atomic E-state index is 11.9. The molecule has 0 bridgehead atoms. The zero-order valence-corrected chi connectivity index (χ0v) is 13.8. The highest BCUT2D eigenvalue weighted by Gasteiger charge is 2.29. The second kappa shape index (κ2) is 6.00. The van der Waals surface area contributed by atoms with Crippen molar-refractivity contribution >= 4 is 39.4 Å². The summed E-state index contributed by atoms with van der Waals surface area (Å²) in [6.07, 6.45) is 1.66. The molecule has 2 aromatic rings. The lowest BCUT2D eigenvalue weighted by Crippen LogP contribution is -2.34. The molecule has 3 N–H and O–H groups in total. The third-order valence-electron chi connectivity index (χ3n) is 4.06. The van der Waals surface area contributed by atoms with Crippen LogP contribution in [0, 0.1) is 0 Å². The second-order valence-electron chi connectivity index (χ2n) is 5.53. The van der Waals surface area contributed by atoms with Crippen molar-refractivity contribution in [1.29, 1.82) is 0 Å². The fourth-order valence-electron chi connectivity index (χ4n) is 2.92. The Morgan fingerprint density at radius 2 is 2.00 bits per heavy atom. The molecule has 1 aromatic carbocycles. The summed E-state index contributed by atoms with van der Waals surface area (Å²) in [5, 5.41) is 9.84. The fourth-order valence-corrected chi connectivity index (χ4v) is 4.62. The zero-order valence-electron chi connectivity index (χ0n) is 13.0. The monoisotopic (exact) mass is 354 g/mol. The highest BCUT2D eigenvalue weighted by Crippen LogP contribution is 2.51. The largest absolute Gasteiger partial charge is 0.465 e. The number of hydrogen-bond donors (Lipinski definition) is 3. The van der Waals surface area contributed by atoms with Crippen molar-refractivity contribution < 1.29 is 28.5 Å². The topological polar surface area (TPSA) is 112 Å². The molecule has 3 rings (SSSR count). The average molecular weight is 354 g/mol. The molecule has 0 radical (unpaired) electrons. The van der Waals surface area contributed by atoms with Gasteiger partial charge in [-0.3, -0.25) is 18.0 Å². The van der Waals surface area contributed by atoms with E-state index in [2.05, 4.69) is 0 Å². The number of rotatable bonds is 2. The van der Waals surface area contributed by atoms with Crippen LogP contribution in [-0.4, -0.2) is 50.2 Å². The number of esters is 1. The zero-order chi connectivity index (χ0) is 17.5. The van der Waals surface area contributed by atoms with Crippen molar-refractivity contribution in [2.24, 2.45) is 0 Å². The van der Waals surface area contributed by atoms with E-state index in [1.165, 1.54) is 29.7 Å². The van der Waals surface area contributed by atoms with Crippen molar-refractivity contribution in [2.45, 2.75) is 12.8 Å². The van der Waals surface area contributed by atoms with Gasteiger partial charge in [0, 0.05) is 18.1 Å². The first-order chi connectivity index (χ1) is 11.3. The molecule has 130 valence electrons. The lowest BCUT2D eigenvalue weighted by Gasteiger charge is -2.47. The van der Waals surface area contributed by atoms with Gasteiger partial charge >= 0.3 is 12.1 Å². The molecule has 9 heteroatoms. The van der Waals surface area contributed by atoms with Gasteiger partial charge in [0.2, 0.25) is 0 Å². The van der Waals surface area contributed by atoms with E-state index in [1.54, 1.807) is 6.07 Å². The van der Waals surface area contributed by atoms with E-state index >= 15 is 0 Å². The van der Waals surface area contributed by atoms with Gasteiger partial charge in [0.1, 0.15) is 0 Å². The number of benzene rings is 1. The summed E-state index contributed by atoms with van der Waals surface area (Å²) in [5.41, 5.74) is 0.871. The molecule has 0 unspecified atom stereocenters. The number of hydrogen-bond acceptors (Lipinski definition) is 6. The van der Waals surface area contributed by atoms with Crippen LogP contribution in [0.25, 0.3) is 10.9 Å². The van der Waals surface area contributed by atoms with Crippen molar-refractivity contribution in [3.63, 3.8) is 0 Å². The summed E-state index contributed by atoms with van der Waals surface area (Å²) in [7, 11) is -1.77. The Morgan fingerprint density at radius 3 is 2.62 bits per heavy atom. The Morgan fingerprint density at radius 1 is 1.25 bits per heavy atom. The second-order valence-corrected chi connectivity index (χ2v) is 7.65. The van der Waals surface area contributed by atoms with Crippen molar-refractivity contribution in [1.82, 2.24) is 4.57 Å². The van der Waals surface area contributed by atoms with Gasteiger partial charge in [0.15, 0.2) is 0 Å². The highest BCUT2D eigenvalue weighted by atomic mass is 32.3. The number of fused-ring (bicyclic) bond motifs is 1. The number of methoxy groups -OCH3 is 1. The summed E-state index contributed by atoms with van der Waals surface area (Å²) >= 11 is 0. The van der Waals surface area contributed by atoms with Crippen LogP contribution in [0.3, 0.4) is 0 Å². The molecule has 1 saturated heterocycles. The molecule has 1 aliphatic heterocycles. The molecule has 1 aliphatic rings. The lowest BCUT2D eigenvalue weighted by molar-refractivity contribution is 0.0600. The molecule has 1 aromatic heterocycles. The number of ether oxygens (including phenoxy) is 1. The van der Waals surface area contributed by atoms with Gasteiger partial charge in [0.25, 0.3) is 0 Å². The third-order valence-corrected chi connectivity index (χ3v) is 5.99. The van der Waals surface area contributed by atoms with Crippen LogP contribution in [0.1, 0.15) is 23.2 Å². The van der Waals surface area contributed by atoms with Gasteiger partial charge in [-0.15, -0.1) is 10.8 Å².